The first-order valence-electron chi connectivity index (χ1n) is 4.44. The van der Waals surface area contributed by atoms with Gasteiger partial charge in [0.1, 0.15) is 11.1 Å². The molecule has 0 fully saturated rings. The van der Waals surface area contributed by atoms with Gasteiger partial charge in [0.05, 0.1) is 0 Å². The van der Waals surface area contributed by atoms with Crippen molar-refractivity contribution in [2.24, 2.45) is 0 Å². The zero-order chi connectivity index (χ0) is 9.68. The van der Waals surface area contributed by atoms with E-state index in [0.29, 0.717) is 5.13 Å². The second-order valence-corrected chi connectivity index (χ2v) is 3.89. The van der Waals surface area contributed by atoms with Crippen LogP contribution in [0.2, 0.25) is 0 Å². The van der Waals surface area contributed by atoms with Gasteiger partial charge >= 0.3 is 0 Å². The number of anilines is 1. The van der Waals surface area contributed by atoms with Crippen LogP contribution in [-0.2, 0) is 4.74 Å². The molecule has 0 aliphatic carbocycles. The minimum Gasteiger partial charge on any atom is -0.374 e. The predicted molar refractivity (Wildman–Crippen MR) is 53.6 cm³/mol. The van der Waals surface area contributed by atoms with Crippen molar-refractivity contribution in [1.29, 1.82) is 0 Å². The molecule has 0 amide bonds. The molecule has 1 rings (SSSR count). The molecule has 1 aromatic heterocycles. The van der Waals surface area contributed by atoms with Crippen LogP contribution in [0.1, 0.15) is 37.8 Å². The third-order valence-electron chi connectivity index (χ3n) is 1.67. The minimum absolute atomic E-state index is 0.0151. The largest absolute Gasteiger partial charge is 0.374 e. The Morgan fingerprint density at radius 2 is 2.31 bits per heavy atom. The van der Waals surface area contributed by atoms with Crippen molar-refractivity contribution in [2.75, 3.05) is 12.3 Å². The van der Waals surface area contributed by atoms with Crippen molar-refractivity contribution in [1.82, 2.24) is 10.2 Å². The van der Waals surface area contributed by atoms with Gasteiger partial charge in [-0.3, -0.25) is 0 Å². The number of unbranched alkanes of at least 4 members (excludes halogenated alkanes) is 1. The summed E-state index contributed by atoms with van der Waals surface area (Å²) in [5.74, 6) is 0. The molecule has 1 atom stereocenters. The summed E-state index contributed by atoms with van der Waals surface area (Å²) >= 11 is 1.38. The predicted octanol–water partition coefficient (Wildman–Crippen LogP) is 2.00. The van der Waals surface area contributed by atoms with Gasteiger partial charge < -0.3 is 10.5 Å². The second kappa shape index (κ2) is 5.14. The lowest BCUT2D eigenvalue weighted by Crippen LogP contribution is -2.00. The maximum Gasteiger partial charge on any atom is 0.203 e. The Balaban J connectivity index is 2.35. The molecule has 4 nitrogen and oxygen atoms in total. The van der Waals surface area contributed by atoms with Gasteiger partial charge in [-0.25, -0.2) is 0 Å². The van der Waals surface area contributed by atoms with Crippen LogP contribution in [0.5, 0.6) is 0 Å². The summed E-state index contributed by atoms with van der Waals surface area (Å²) in [7, 11) is 0. The molecule has 0 saturated heterocycles. The van der Waals surface area contributed by atoms with Crippen molar-refractivity contribution >= 4 is 16.5 Å². The van der Waals surface area contributed by atoms with Gasteiger partial charge in [0.15, 0.2) is 0 Å². The molecular formula is C8H15N3OS. The van der Waals surface area contributed by atoms with E-state index in [1.165, 1.54) is 11.3 Å². The summed E-state index contributed by atoms with van der Waals surface area (Å²) < 4.78 is 5.53. The number of nitrogens with zero attached hydrogens (tertiary/aromatic N) is 2. The molecule has 0 aliphatic rings. The van der Waals surface area contributed by atoms with E-state index in [9.17, 15) is 0 Å². The molecule has 0 bridgehead atoms. The van der Waals surface area contributed by atoms with Crippen LogP contribution in [0.3, 0.4) is 0 Å². The van der Waals surface area contributed by atoms with E-state index >= 15 is 0 Å². The van der Waals surface area contributed by atoms with Gasteiger partial charge in [-0.15, -0.1) is 10.2 Å². The SMILES string of the molecule is CCCCOC(C)c1nnc(N)s1. The summed E-state index contributed by atoms with van der Waals surface area (Å²) in [4.78, 5) is 0. The molecule has 5 heteroatoms. The summed E-state index contributed by atoms with van der Waals surface area (Å²) in [6, 6.07) is 0. The molecule has 1 heterocycles. The molecule has 2 N–H and O–H groups in total. The number of aromatic nitrogens is 2. The highest BCUT2D eigenvalue weighted by Crippen LogP contribution is 2.21. The quantitative estimate of drug-likeness (QED) is 0.740. The topological polar surface area (TPSA) is 61.0 Å². The number of hydrogen-bond donors (Lipinski definition) is 1. The lowest BCUT2D eigenvalue weighted by molar-refractivity contribution is 0.0631. The molecule has 0 radical (unpaired) electrons. The fraction of sp³-hybridized carbons (Fsp3) is 0.750. The van der Waals surface area contributed by atoms with Gasteiger partial charge in [-0.05, 0) is 13.3 Å². The number of ether oxygens (including phenoxy) is 1. The van der Waals surface area contributed by atoms with Gasteiger partial charge in [0, 0.05) is 6.61 Å². The highest BCUT2D eigenvalue weighted by molar-refractivity contribution is 7.15. The van der Waals surface area contributed by atoms with E-state index in [2.05, 4.69) is 17.1 Å². The average Bonchev–Trinajstić information content (AvgIpc) is 2.52. The third-order valence-corrected chi connectivity index (χ3v) is 2.58. The Labute approximate surface area is 82.1 Å². The smallest absolute Gasteiger partial charge is 0.203 e. The standard InChI is InChI=1S/C8H15N3OS/c1-3-4-5-12-6(2)7-10-11-8(9)13-7/h6H,3-5H2,1-2H3,(H2,9,11). The minimum atomic E-state index is 0.0151. The zero-order valence-corrected chi connectivity index (χ0v) is 8.80. The zero-order valence-electron chi connectivity index (χ0n) is 7.99. The Morgan fingerprint density at radius 1 is 1.54 bits per heavy atom. The Kier molecular flexibility index (Phi) is 4.11. The van der Waals surface area contributed by atoms with E-state index in [1.807, 2.05) is 6.92 Å². The molecule has 0 aromatic carbocycles. The highest BCUT2D eigenvalue weighted by atomic mass is 32.1. The lowest BCUT2D eigenvalue weighted by Gasteiger charge is -2.08. The van der Waals surface area contributed by atoms with Gasteiger partial charge in [0.25, 0.3) is 0 Å². The van der Waals surface area contributed by atoms with Gasteiger partial charge in [-0.1, -0.05) is 24.7 Å². The van der Waals surface area contributed by atoms with Crippen LogP contribution >= 0.6 is 11.3 Å². The van der Waals surface area contributed by atoms with E-state index < -0.39 is 0 Å². The van der Waals surface area contributed by atoms with Crippen LogP contribution in [-0.4, -0.2) is 16.8 Å². The molecule has 13 heavy (non-hydrogen) atoms. The number of nitrogen functional groups attached to an aromatic ring is 1. The van der Waals surface area contributed by atoms with Crippen LogP contribution in [0.15, 0.2) is 0 Å². The maximum absolute atomic E-state index is 5.53. The van der Waals surface area contributed by atoms with E-state index in [1.54, 1.807) is 0 Å². The molecule has 0 aliphatic heterocycles. The van der Waals surface area contributed by atoms with Crippen molar-refractivity contribution in [2.45, 2.75) is 32.8 Å². The molecule has 0 saturated carbocycles. The first-order chi connectivity index (χ1) is 6.24. The van der Waals surface area contributed by atoms with Crippen molar-refractivity contribution < 1.29 is 4.74 Å². The van der Waals surface area contributed by atoms with E-state index in [4.69, 9.17) is 10.5 Å². The maximum atomic E-state index is 5.53. The van der Waals surface area contributed by atoms with E-state index in [0.717, 1.165) is 24.5 Å². The molecule has 1 aromatic rings. The summed E-state index contributed by atoms with van der Waals surface area (Å²) in [6.45, 7) is 4.88. The first kappa shape index (κ1) is 10.4. The van der Waals surface area contributed by atoms with Crippen LogP contribution in [0.25, 0.3) is 0 Å². The molecule has 74 valence electrons. The fourth-order valence-electron chi connectivity index (χ4n) is 0.887. The van der Waals surface area contributed by atoms with Crippen molar-refractivity contribution in [3.63, 3.8) is 0 Å². The number of hydrogen-bond acceptors (Lipinski definition) is 5. The Morgan fingerprint density at radius 3 is 2.85 bits per heavy atom. The summed E-state index contributed by atoms with van der Waals surface area (Å²) in [5.41, 5.74) is 5.46. The lowest BCUT2D eigenvalue weighted by atomic mass is 10.3. The first-order valence-corrected chi connectivity index (χ1v) is 5.26. The summed E-state index contributed by atoms with van der Waals surface area (Å²) in [6.07, 6.45) is 2.24. The molecular weight excluding hydrogens is 186 g/mol. The van der Waals surface area contributed by atoms with Crippen molar-refractivity contribution in [3.8, 4) is 0 Å². The van der Waals surface area contributed by atoms with Gasteiger partial charge in [-0.2, -0.15) is 0 Å². The van der Waals surface area contributed by atoms with Crippen LogP contribution < -0.4 is 5.73 Å². The third kappa shape index (κ3) is 3.28. The Bertz CT molecular complexity index is 251. The Hall–Kier alpha value is -0.680. The van der Waals surface area contributed by atoms with E-state index in [-0.39, 0.29) is 6.10 Å². The van der Waals surface area contributed by atoms with Gasteiger partial charge in [0.2, 0.25) is 5.13 Å². The molecule has 1 unspecified atom stereocenters. The normalized spacial score (nSPS) is 13.1. The van der Waals surface area contributed by atoms with Crippen LogP contribution in [0.4, 0.5) is 5.13 Å². The average molecular weight is 201 g/mol. The second-order valence-electron chi connectivity index (χ2n) is 2.85. The number of nitrogens with two attached hydrogens (primary N) is 1. The monoisotopic (exact) mass is 201 g/mol. The fourth-order valence-corrected chi connectivity index (χ4v) is 1.50. The number of rotatable bonds is 5. The van der Waals surface area contributed by atoms with Crippen LogP contribution in [0, 0.1) is 0 Å². The summed E-state index contributed by atoms with van der Waals surface area (Å²) in [5, 5.41) is 9.00. The highest BCUT2D eigenvalue weighted by Gasteiger charge is 2.10. The van der Waals surface area contributed by atoms with Crippen molar-refractivity contribution in [3.05, 3.63) is 5.01 Å². The molecule has 0 spiro atoms.